The van der Waals surface area contributed by atoms with E-state index in [2.05, 4.69) is 4.74 Å². The van der Waals surface area contributed by atoms with E-state index in [4.69, 9.17) is 5.11 Å². The Hall–Kier alpha value is -1.10. The highest BCUT2D eigenvalue weighted by Crippen LogP contribution is 2.22. The molecule has 0 bridgehead atoms. The van der Waals surface area contributed by atoms with Crippen molar-refractivity contribution in [2.75, 3.05) is 0 Å². The summed E-state index contributed by atoms with van der Waals surface area (Å²) in [6.07, 6.45) is -1.43. The van der Waals surface area contributed by atoms with Crippen molar-refractivity contribution in [3.05, 3.63) is 17.3 Å². The second-order valence-corrected chi connectivity index (χ2v) is 2.42. The average Bonchev–Trinajstić information content (AvgIpc) is 2.13. The molecule has 0 saturated carbocycles. The molecule has 0 unspecified atom stereocenters. The van der Waals surface area contributed by atoms with Crippen molar-refractivity contribution in [2.24, 2.45) is 0 Å². The Bertz CT molecular complexity index is 245. The average molecular weight is 162 g/mol. The molecule has 1 aromatic rings. The van der Waals surface area contributed by atoms with E-state index in [1.807, 2.05) is 0 Å². The van der Waals surface area contributed by atoms with Gasteiger partial charge in [-0.3, -0.25) is 0 Å². The number of hydrogen-bond acceptors (Lipinski definition) is 3. The van der Waals surface area contributed by atoms with Crippen LogP contribution in [0.25, 0.3) is 0 Å². The van der Waals surface area contributed by atoms with Gasteiger partial charge in [0.1, 0.15) is 0 Å². The molecule has 0 fully saturated rings. The summed E-state index contributed by atoms with van der Waals surface area (Å²) < 4.78 is 16.3. The van der Waals surface area contributed by atoms with Gasteiger partial charge in [-0.1, -0.05) is 11.3 Å². The van der Waals surface area contributed by atoms with Crippen LogP contribution in [-0.2, 0) is 0 Å². The molecule has 1 rings (SSSR count). The van der Waals surface area contributed by atoms with Crippen LogP contribution < -0.4 is 4.74 Å². The maximum atomic E-state index is 12.1. The van der Waals surface area contributed by atoms with Crippen molar-refractivity contribution in [2.45, 2.75) is 0 Å². The fourth-order valence-electron chi connectivity index (χ4n) is 0.439. The van der Waals surface area contributed by atoms with Crippen molar-refractivity contribution < 1.29 is 19.0 Å². The lowest BCUT2D eigenvalue weighted by atomic mass is 10.6. The highest BCUT2D eigenvalue weighted by Gasteiger charge is 2.03. The molecule has 1 N–H and O–H groups in total. The first-order valence-electron chi connectivity index (χ1n) is 2.34. The minimum absolute atomic E-state index is 0.0463. The van der Waals surface area contributed by atoms with E-state index in [0.717, 1.165) is 6.07 Å². The molecule has 0 aromatic carbocycles. The van der Waals surface area contributed by atoms with Crippen LogP contribution in [0, 0.1) is 5.13 Å². The van der Waals surface area contributed by atoms with Crippen LogP contribution >= 0.6 is 11.3 Å². The maximum Gasteiger partial charge on any atom is 0.512 e. The van der Waals surface area contributed by atoms with E-state index >= 15 is 0 Å². The summed E-state index contributed by atoms with van der Waals surface area (Å²) in [5, 5.41) is 7.62. The lowest BCUT2D eigenvalue weighted by Gasteiger charge is -1.89. The van der Waals surface area contributed by atoms with Gasteiger partial charge in [0.15, 0.2) is 10.2 Å². The summed E-state index contributed by atoms with van der Waals surface area (Å²) in [4.78, 5) is 9.84. The Kier molecular flexibility index (Phi) is 1.86. The Labute approximate surface area is 59.7 Å². The van der Waals surface area contributed by atoms with Crippen molar-refractivity contribution in [3.8, 4) is 5.06 Å². The standard InChI is InChI=1S/C5H3FO3S/c6-3-1-2-4(10-3)9-5(7)8/h1-2H,(H,7,8). The van der Waals surface area contributed by atoms with Gasteiger partial charge in [0.2, 0.25) is 0 Å². The second kappa shape index (κ2) is 2.66. The van der Waals surface area contributed by atoms with Gasteiger partial charge in [-0.2, -0.15) is 4.39 Å². The molecule has 3 nitrogen and oxygen atoms in total. The molecule has 0 saturated heterocycles. The zero-order chi connectivity index (χ0) is 7.56. The third-order valence-electron chi connectivity index (χ3n) is 0.736. The second-order valence-electron chi connectivity index (χ2n) is 1.43. The van der Waals surface area contributed by atoms with E-state index in [1.54, 1.807) is 0 Å². The summed E-state index contributed by atoms with van der Waals surface area (Å²) in [6.45, 7) is 0. The molecule has 0 radical (unpaired) electrons. The Morgan fingerprint density at radius 2 is 2.40 bits per heavy atom. The number of rotatable bonds is 1. The summed E-state index contributed by atoms with van der Waals surface area (Å²) in [6, 6.07) is 2.40. The molecule has 0 aliphatic heterocycles. The summed E-state index contributed by atoms with van der Waals surface area (Å²) >= 11 is 0.646. The van der Waals surface area contributed by atoms with Crippen LogP contribution in [-0.4, -0.2) is 11.3 Å². The minimum atomic E-state index is -1.43. The van der Waals surface area contributed by atoms with Crippen LogP contribution in [0.3, 0.4) is 0 Å². The third kappa shape index (κ3) is 1.70. The van der Waals surface area contributed by atoms with Crippen molar-refractivity contribution in [1.82, 2.24) is 0 Å². The van der Waals surface area contributed by atoms with Crippen LogP contribution in [0.4, 0.5) is 9.18 Å². The first-order valence-corrected chi connectivity index (χ1v) is 3.16. The molecule has 0 aliphatic rings. The Balaban J connectivity index is 2.67. The molecule has 1 aromatic heterocycles. The van der Waals surface area contributed by atoms with Gasteiger partial charge >= 0.3 is 6.16 Å². The number of carbonyl (C=O) groups is 1. The van der Waals surface area contributed by atoms with Crippen LogP contribution in [0.5, 0.6) is 5.06 Å². The molecule has 10 heavy (non-hydrogen) atoms. The van der Waals surface area contributed by atoms with Gasteiger partial charge in [-0.25, -0.2) is 4.79 Å². The van der Waals surface area contributed by atoms with Gasteiger partial charge in [0, 0.05) is 0 Å². The number of carboxylic acid groups (broad SMARTS) is 1. The van der Waals surface area contributed by atoms with E-state index in [9.17, 15) is 9.18 Å². The summed E-state index contributed by atoms with van der Waals surface area (Å²) in [5.74, 6) is 0. The molecule has 0 atom stereocenters. The molecular weight excluding hydrogens is 159 g/mol. The highest BCUT2D eigenvalue weighted by molar-refractivity contribution is 7.12. The van der Waals surface area contributed by atoms with E-state index in [-0.39, 0.29) is 5.06 Å². The first kappa shape index (κ1) is 7.01. The monoisotopic (exact) mass is 162 g/mol. The fourth-order valence-corrected chi connectivity index (χ4v) is 1.02. The van der Waals surface area contributed by atoms with Gasteiger partial charge in [0.05, 0.1) is 0 Å². The largest absolute Gasteiger partial charge is 0.512 e. The topological polar surface area (TPSA) is 46.5 Å². The minimum Gasteiger partial charge on any atom is -0.449 e. The predicted molar refractivity (Wildman–Crippen MR) is 32.9 cm³/mol. The molecule has 0 aliphatic carbocycles. The van der Waals surface area contributed by atoms with Crippen molar-refractivity contribution in [1.29, 1.82) is 0 Å². The van der Waals surface area contributed by atoms with E-state index < -0.39 is 11.3 Å². The summed E-state index contributed by atoms with van der Waals surface area (Å²) in [7, 11) is 0. The Morgan fingerprint density at radius 3 is 2.80 bits per heavy atom. The Morgan fingerprint density at radius 1 is 1.70 bits per heavy atom. The van der Waals surface area contributed by atoms with Crippen LogP contribution in [0.2, 0.25) is 0 Å². The third-order valence-corrected chi connectivity index (χ3v) is 1.49. The van der Waals surface area contributed by atoms with Gasteiger partial charge in [-0.05, 0) is 12.1 Å². The predicted octanol–water partition coefficient (Wildman–Crippen LogP) is 1.94. The molecule has 0 spiro atoms. The maximum absolute atomic E-state index is 12.1. The van der Waals surface area contributed by atoms with Gasteiger partial charge in [-0.15, -0.1) is 0 Å². The van der Waals surface area contributed by atoms with Gasteiger partial charge < -0.3 is 9.84 Å². The SMILES string of the molecule is O=C(O)Oc1ccc(F)s1. The summed E-state index contributed by atoms with van der Waals surface area (Å²) in [5.41, 5.74) is 0. The highest BCUT2D eigenvalue weighted by atomic mass is 32.1. The quantitative estimate of drug-likeness (QED) is 0.642. The lowest BCUT2D eigenvalue weighted by Crippen LogP contribution is -2.00. The zero-order valence-electron chi connectivity index (χ0n) is 4.70. The fraction of sp³-hybridized carbons (Fsp3) is 0. The zero-order valence-corrected chi connectivity index (χ0v) is 5.52. The molecular formula is C5H3FO3S. The smallest absolute Gasteiger partial charge is 0.449 e. The number of hydrogen-bond donors (Lipinski definition) is 1. The molecule has 5 heteroatoms. The van der Waals surface area contributed by atoms with Crippen molar-refractivity contribution in [3.63, 3.8) is 0 Å². The lowest BCUT2D eigenvalue weighted by molar-refractivity contribution is 0.146. The molecule has 1 heterocycles. The van der Waals surface area contributed by atoms with Crippen molar-refractivity contribution >= 4 is 17.5 Å². The number of ether oxygens (including phenoxy) is 1. The molecule has 54 valence electrons. The van der Waals surface area contributed by atoms with Crippen LogP contribution in [0.1, 0.15) is 0 Å². The normalized spacial score (nSPS) is 9.30. The molecule has 0 amide bonds. The van der Waals surface area contributed by atoms with E-state index in [1.165, 1.54) is 6.07 Å². The van der Waals surface area contributed by atoms with Crippen LogP contribution in [0.15, 0.2) is 12.1 Å². The first-order chi connectivity index (χ1) is 4.68. The number of thiophene rings is 1. The van der Waals surface area contributed by atoms with E-state index in [0.29, 0.717) is 11.3 Å². The van der Waals surface area contributed by atoms with Gasteiger partial charge in [0.25, 0.3) is 0 Å². The number of halogens is 1.